The van der Waals surface area contributed by atoms with Crippen LogP contribution < -0.4 is 4.74 Å². The van der Waals surface area contributed by atoms with E-state index < -0.39 is 43.6 Å². The fourth-order valence-corrected chi connectivity index (χ4v) is 2.33. The van der Waals surface area contributed by atoms with Crippen molar-refractivity contribution in [2.45, 2.75) is 43.9 Å². The summed E-state index contributed by atoms with van der Waals surface area (Å²) in [6, 6.07) is 6.46. The topological polar surface area (TPSA) is 129 Å². The summed E-state index contributed by atoms with van der Waals surface area (Å²) in [6.07, 6.45) is -8.12. The molecule has 2 rings (SSSR count). The zero-order valence-corrected chi connectivity index (χ0v) is 12.6. The lowest BCUT2D eigenvalue weighted by molar-refractivity contribution is -0.278. The van der Waals surface area contributed by atoms with Gasteiger partial charge in [-0.3, -0.25) is 0 Å². The first-order valence-corrected chi connectivity index (χ1v) is 7.35. The second-order valence-corrected chi connectivity index (χ2v) is 5.16. The number of hydrogen-bond donors (Lipinski definition) is 5. The minimum atomic E-state index is -1.53. The Bertz CT molecular complexity index is 494. The molecule has 0 spiro atoms. The van der Waals surface area contributed by atoms with Gasteiger partial charge < -0.3 is 39.7 Å². The average Bonchev–Trinajstić information content (AvgIpc) is 2.56. The molecule has 0 amide bonds. The molecule has 6 atom stereocenters. The minimum absolute atomic E-state index is 0.192. The first-order chi connectivity index (χ1) is 11.0. The van der Waals surface area contributed by atoms with Crippen molar-refractivity contribution in [2.75, 3.05) is 13.2 Å². The molecule has 1 heterocycles. The summed E-state index contributed by atoms with van der Waals surface area (Å²) in [4.78, 5) is 0. The number of aliphatic hydroxyl groups is 5. The molecule has 0 radical (unpaired) electrons. The second-order valence-electron chi connectivity index (χ2n) is 5.16. The molecule has 1 aliphatic rings. The van der Waals surface area contributed by atoms with Crippen molar-refractivity contribution in [3.63, 3.8) is 0 Å². The summed E-state index contributed by atoms with van der Waals surface area (Å²) in [6.45, 7) is 1.47. The van der Waals surface area contributed by atoms with Crippen molar-refractivity contribution in [3.8, 4) is 5.75 Å². The lowest BCUT2D eigenvalue weighted by atomic mass is 9.99. The lowest BCUT2D eigenvalue weighted by Gasteiger charge is -2.39. The summed E-state index contributed by atoms with van der Waals surface area (Å²) in [5.74, 6) is 0.192. The van der Waals surface area contributed by atoms with Gasteiger partial charge in [0.05, 0.1) is 6.61 Å². The van der Waals surface area contributed by atoms with Crippen LogP contribution in [0.1, 0.15) is 18.8 Å². The van der Waals surface area contributed by atoms with Crippen LogP contribution in [-0.2, 0) is 9.47 Å². The fraction of sp³-hybridized carbons (Fsp3) is 0.600. The quantitative estimate of drug-likeness (QED) is 0.416. The molecule has 0 aliphatic carbocycles. The molecule has 8 nitrogen and oxygen atoms in total. The van der Waals surface area contributed by atoms with E-state index in [9.17, 15) is 20.4 Å². The standard InChI is InChI=1S/C15H22O8/c1-2-21-14(20)8-5-3-4-6-9(8)22-15-13(19)12(18)11(17)10(7-16)23-15/h3-6,10-20H,2,7H2,1H3. The van der Waals surface area contributed by atoms with E-state index in [2.05, 4.69) is 0 Å². The molecule has 0 aromatic heterocycles. The molecule has 0 saturated carbocycles. The van der Waals surface area contributed by atoms with Crippen molar-refractivity contribution < 1.29 is 39.7 Å². The molecule has 0 bridgehead atoms. The van der Waals surface area contributed by atoms with E-state index in [0.717, 1.165) is 0 Å². The van der Waals surface area contributed by atoms with Crippen molar-refractivity contribution in [2.24, 2.45) is 0 Å². The van der Waals surface area contributed by atoms with Gasteiger partial charge >= 0.3 is 0 Å². The normalized spacial score (nSPS) is 32.5. The molecule has 23 heavy (non-hydrogen) atoms. The Labute approximate surface area is 133 Å². The zero-order valence-electron chi connectivity index (χ0n) is 12.6. The third kappa shape index (κ3) is 3.99. The maximum atomic E-state index is 9.98. The van der Waals surface area contributed by atoms with Crippen molar-refractivity contribution in [1.82, 2.24) is 0 Å². The predicted octanol–water partition coefficient (Wildman–Crippen LogP) is -1.11. The molecular weight excluding hydrogens is 308 g/mol. The Morgan fingerprint density at radius 1 is 1.13 bits per heavy atom. The number of rotatable bonds is 6. The van der Waals surface area contributed by atoms with Crippen molar-refractivity contribution in [3.05, 3.63) is 29.8 Å². The summed E-state index contributed by atoms with van der Waals surface area (Å²) in [5.41, 5.74) is 0.325. The van der Waals surface area contributed by atoms with E-state index in [1.807, 2.05) is 0 Å². The van der Waals surface area contributed by atoms with Gasteiger partial charge in [0.1, 0.15) is 30.2 Å². The van der Waals surface area contributed by atoms with Crippen LogP contribution in [0.3, 0.4) is 0 Å². The van der Waals surface area contributed by atoms with Gasteiger partial charge in [-0.15, -0.1) is 0 Å². The Morgan fingerprint density at radius 2 is 1.83 bits per heavy atom. The highest BCUT2D eigenvalue weighted by molar-refractivity contribution is 5.34. The van der Waals surface area contributed by atoms with Crippen molar-refractivity contribution >= 4 is 0 Å². The predicted molar refractivity (Wildman–Crippen MR) is 77.4 cm³/mol. The van der Waals surface area contributed by atoms with Gasteiger partial charge in [0, 0.05) is 12.2 Å². The second kappa shape index (κ2) is 8.02. The fourth-order valence-electron chi connectivity index (χ4n) is 2.33. The van der Waals surface area contributed by atoms with E-state index >= 15 is 0 Å². The van der Waals surface area contributed by atoms with Gasteiger partial charge in [-0.1, -0.05) is 18.2 Å². The summed E-state index contributed by atoms with van der Waals surface area (Å²) in [5, 5.41) is 48.6. The maximum absolute atomic E-state index is 9.98. The first kappa shape index (κ1) is 18.1. The van der Waals surface area contributed by atoms with E-state index in [1.54, 1.807) is 31.2 Å². The smallest absolute Gasteiger partial charge is 0.229 e. The van der Waals surface area contributed by atoms with Crippen LogP contribution >= 0.6 is 0 Å². The maximum Gasteiger partial charge on any atom is 0.229 e. The number of para-hydroxylation sites is 1. The van der Waals surface area contributed by atoms with E-state index in [4.69, 9.17) is 19.3 Å². The van der Waals surface area contributed by atoms with Gasteiger partial charge in [0.2, 0.25) is 6.29 Å². The van der Waals surface area contributed by atoms with Crippen LogP contribution in [0.5, 0.6) is 5.75 Å². The molecule has 130 valence electrons. The van der Waals surface area contributed by atoms with E-state index in [1.165, 1.54) is 0 Å². The van der Waals surface area contributed by atoms with E-state index in [-0.39, 0.29) is 12.4 Å². The average molecular weight is 330 g/mol. The van der Waals surface area contributed by atoms with E-state index in [0.29, 0.717) is 5.56 Å². The van der Waals surface area contributed by atoms with Crippen LogP contribution in [0.25, 0.3) is 0 Å². The highest BCUT2D eigenvalue weighted by Crippen LogP contribution is 2.30. The number of aliphatic hydroxyl groups excluding tert-OH is 5. The van der Waals surface area contributed by atoms with Gasteiger partial charge in [-0.05, 0) is 13.0 Å². The van der Waals surface area contributed by atoms with Crippen LogP contribution in [0.4, 0.5) is 0 Å². The molecule has 5 N–H and O–H groups in total. The Morgan fingerprint density at radius 3 is 2.48 bits per heavy atom. The Kier molecular flexibility index (Phi) is 6.31. The summed E-state index contributed by atoms with van der Waals surface area (Å²) >= 11 is 0. The minimum Gasteiger partial charge on any atom is -0.461 e. The van der Waals surface area contributed by atoms with Crippen LogP contribution in [-0.4, -0.2) is 69.5 Å². The highest BCUT2D eigenvalue weighted by Gasteiger charge is 2.44. The first-order valence-electron chi connectivity index (χ1n) is 7.35. The number of ether oxygens (including phenoxy) is 3. The van der Waals surface area contributed by atoms with Gasteiger partial charge in [-0.25, -0.2) is 0 Å². The Hall–Kier alpha value is -1.26. The van der Waals surface area contributed by atoms with Gasteiger partial charge in [0.25, 0.3) is 0 Å². The third-order valence-electron chi connectivity index (χ3n) is 3.60. The van der Waals surface area contributed by atoms with Gasteiger partial charge in [0.15, 0.2) is 6.29 Å². The third-order valence-corrected chi connectivity index (χ3v) is 3.60. The summed E-state index contributed by atoms with van der Waals surface area (Å²) in [7, 11) is 0. The zero-order chi connectivity index (χ0) is 17.0. The highest BCUT2D eigenvalue weighted by atomic mass is 16.7. The largest absolute Gasteiger partial charge is 0.461 e. The van der Waals surface area contributed by atoms with Gasteiger partial charge in [-0.2, -0.15) is 0 Å². The van der Waals surface area contributed by atoms with Crippen LogP contribution in [0.2, 0.25) is 0 Å². The lowest BCUT2D eigenvalue weighted by Crippen LogP contribution is -2.60. The number of benzene rings is 1. The van der Waals surface area contributed by atoms with Crippen LogP contribution in [0.15, 0.2) is 24.3 Å². The van der Waals surface area contributed by atoms with Crippen LogP contribution in [0, 0.1) is 0 Å². The Balaban J connectivity index is 2.18. The molecule has 1 aromatic rings. The number of hydrogen-bond acceptors (Lipinski definition) is 8. The summed E-state index contributed by atoms with van der Waals surface area (Å²) < 4.78 is 15.9. The SMILES string of the molecule is CCOC(O)c1ccccc1OC1OC(CO)C(O)C(O)C1O. The molecule has 1 fully saturated rings. The molecule has 1 saturated heterocycles. The molecule has 1 aromatic carbocycles. The molecule has 8 heteroatoms. The molecule has 1 aliphatic heterocycles. The monoisotopic (exact) mass is 330 g/mol. The molecule has 6 unspecified atom stereocenters. The van der Waals surface area contributed by atoms with Crippen molar-refractivity contribution in [1.29, 1.82) is 0 Å². The molecular formula is C15H22O8.